The molecule has 0 amide bonds. The van der Waals surface area contributed by atoms with Crippen molar-refractivity contribution in [3.8, 4) is 12.3 Å². The van der Waals surface area contributed by atoms with Crippen LogP contribution < -0.4 is 0 Å². The maximum atomic E-state index is 11.1. The smallest absolute Gasteiger partial charge is 0.130 e. The van der Waals surface area contributed by atoms with E-state index in [0.717, 1.165) is 51.4 Å². The number of epoxide rings is 1. The predicted molar refractivity (Wildman–Crippen MR) is 91.0 cm³/mol. The van der Waals surface area contributed by atoms with Gasteiger partial charge < -0.3 is 14.9 Å². The first-order chi connectivity index (χ1) is 11.3. The van der Waals surface area contributed by atoms with E-state index in [0.29, 0.717) is 23.9 Å². The number of hydrogen-bond donors (Lipinski definition) is 2. The Morgan fingerprint density at radius 2 is 1.71 bits per heavy atom. The van der Waals surface area contributed by atoms with Crippen molar-refractivity contribution >= 4 is 0 Å². The summed E-state index contributed by atoms with van der Waals surface area (Å²) in [5.41, 5.74) is -0.924. The van der Waals surface area contributed by atoms with Crippen molar-refractivity contribution < 1.29 is 14.9 Å². The van der Waals surface area contributed by atoms with Crippen LogP contribution in [0.2, 0.25) is 0 Å². The first kappa shape index (κ1) is 15.7. The van der Waals surface area contributed by atoms with Crippen molar-refractivity contribution in [1.82, 2.24) is 0 Å². The molecule has 3 nitrogen and oxygen atoms in total. The summed E-state index contributed by atoms with van der Waals surface area (Å²) < 4.78 is 6.33. The molecular formula is C21H30O3. The Hall–Kier alpha value is -0.560. The molecule has 5 fully saturated rings. The fourth-order valence-electron chi connectivity index (χ4n) is 7.91. The first-order valence-corrected chi connectivity index (χ1v) is 9.86. The highest BCUT2D eigenvalue weighted by atomic mass is 16.6. The van der Waals surface area contributed by atoms with Crippen LogP contribution in [0.3, 0.4) is 0 Å². The zero-order valence-corrected chi connectivity index (χ0v) is 14.9. The highest BCUT2D eigenvalue weighted by Gasteiger charge is 2.76. The van der Waals surface area contributed by atoms with Crippen LogP contribution in [0.5, 0.6) is 0 Å². The molecule has 0 aromatic heterocycles. The van der Waals surface area contributed by atoms with Gasteiger partial charge in [-0.2, -0.15) is 0 Å². The molecule has 1 aliphatic heterocycles. The van der Waals surface area contributed by atoms with Gasteiger partial charge in [0.2, 0.25) is 0 Å². The minimum atomic E-state index is -0.925. The van der Waals surface area contributed by atoms with Gasteiger partial charge in [0.05, 0.1) is 12.2 Å². The molecule has 5 aliphatic rings. The van der Waals surface area contributed by atoms with E-state index in [1.165, 1.54) is 0 Å². The Kier molecular flexibility index (Phi) is 2.87. The molecule has 3 heteroatoms. The molecule has 1 spiro atoms. The fourth-order valence-corrected chi connectivity index (χ4v) is 7.91. The summed E-state index contributed by atoms with van der Waals surface area (Å²) in [7, 11) is 0. The van der Waals surface area contributed by atoms with Crippen LogP contribution in [0, 0.1) is 40.9 Å². The van der Waals surface area contributed by atoms with E-state index >= 15 is 0 Å². The molecule has 1 heterocycles. The van der Waals surface area contributed by atoms with Gasteiger partial charge in [-0.15, -0.1) is 6.42 Å². The third-order valence-electron chi connectivity index (χ3n) is 9.45. The lowest BCUT2D eigenvalue weighted by Gasteiger charge is -2.59. The Bertz CT molecular complexity index is 625. The molecule has 0 bridgehead atoms. The van der Waals surface area contributed by atoms with Crippen LogP contribution >= 0.6 is 0 Å². The highest BCUT2D eigenvalue weighted by Crippen LogP contribution is 2.74. The monoisotopic (exact) mass is 330 g/mol. The number of fused-ring (bicyclic) bond motifs is 4. The van der Waals surface area contributed by atoms with Gasteiger partial charge in [-0.05, 0) is 62.7 Å². The predicted octanol–water partition coefficient (Wildman–Crippen LogP) is 2.89. The molecule has 0 aromatic carbocycles. The van der Waals surface area contributed by atoms with E-state index < -0.39 is 5.60 Å². The molecule has 0 aromatic rings. The van der Waals surface area contributed by atoms with Crippen molar-refractivity contribution in [3.05, 3.63) is 0 Å². The van der Waals surface area contributed by atoms with E-state index in [4.69, 9.17) is 11.2 Å². The summed E-state index contributed by atoms with van der Waals surface area (Å²) in [5, 5.41) is 21.3. The maximum Gasteiger partial charge on any atom is 0.130 e. The Labute approximate surface area is 145 Å². The quantitative estimate of drug-likeness (QED) is 0.530. The topological polar surface area (TPSA) is 53.0 Å². The molecule has 132 valence electrons. The molecule has 0 unspecified atom stereocenters. The van der Waals surface area contributed by atoms with Crippen LogP contribution in [0.25, 0.3) is 0 Å². The molecule has 1 saturated heterocycles. The Balaban J connectivity index is 1.52. The summed E-state index contributed by atoms with van der Waals surface area (Å²) >= 11 is 0. The Morgan fingerprint density at radius 3 is 2.46 bits per heavy atom. The van der Waals surface area contributed by atoms with Crippen molar-refractivity contribution in [3.63, 3.8) is 0 Å². The van der Waals surface area contributed by atoms with Gasteiger partial charge in [0.25, 0.3) is 0 Å². The van der Waals surface area contributed by atoms with Crippen LogP contribution in [-0.4, -0.2) is 33.6 Å². The van der Waals surface area contributed by atoms with Crippen molar-refractivity contribution in [2.45, 2.75) is 88.6 Å². The first-order valence-electron chi connectivity index (χ1n) is 9.86. The van der Waals surface area contributed by atoms with E-state index in [-0.39, 0.29) is 22.5 Å². The average molecular weight is 330 g/mol. The van der Waals surface area contributed by atoms with Crippen LogP contribution in [0.1, 0.15) is 65.2 Å². The van der Waals surface area contributed by atoms with Crippen LogP contribution in [-0.2, 0) is 4.74 Å². The molecule has 0 radical (unpaired) electrons. The molecule has 4 aliphatic carbocycles. The zero-order chi connectivity index (χ0) is 17.0. The van der Waals surface area contributed by atoms with Crippen LogP contribution in [0.15, 0.2) is 0 Å². The maximum absolute atomic E-state index is 11.1. The lowest BCUT2D eigenvalue weighted by atomic mass is 9.44. The van der Waals surface area contributed by atoms with Crippen molar-refractivity contribution in [1.29, 1.82) is 0 Å². The highest BCUT2D eigenvalue weighted by molar-refractivity contribution is 5.28. The normalized spacial score (nSPS) is 64.2. The van der Waals surface area contributed by atoms with Gasteiger partial charge in [-0.1, -0.05) is 19.8 Å². The number of hydrogen-bond acceptors (Lipinski definition) is 3. The Morgan fingerprint density at radius 1 is 1.04 bits per heavy atom. The minimum absolute atomic E-state index is 0.0550. The molecule has 9 atom stereocenters. The summed E-state index contributed by atoms with van der Waals surface area (Å²) in [6.07, 6.45) is 13.8. The molecule has 2 N–H and O–H groups in total. The largest absolute Gasteiger partial charge is 0.393 e. The summed E-state index contributed by atoms with van der Waals surface area (Å²) in [6, 6.07) is 0. The molecule has 4 saturated carbocycles. The number of aliphatic hydroxyl groups excluding tert-OH is 1. The summed E-state index contributed by atoms with van der Waals surface area (Å²) in [4.78, 5) is 0. The van der Waals surface area contributed by atoms with E-state index in [9.17, 15) is 10.2 Å². The summed E-state index contributed by atoms with van der Waals surface area (Å²) in [6.45, 7) is 4.67. The summed E-state index contributed by atoms with van der Waals surface area (Å²) in [5.74, 6) is 4.55. The number of rotatable bonds is 0. The zero-order valence-electron chi connectivity index (χ0n) is 14.9. The second-order valence-electron chi connectivity index (χ2n) is 9.92. The molecular weight excluding hydrogens is 300 g/mol. The molecule has 5 rings (SSSR count). The van der Waals surface area contributed by atoms with Gasteiger partial charge >= 0.3 is 0 Å². The number of aliphatic hydroxyl groups is 2. The third-order valence-corrected chi connectivity index (χ3v) is 9.45. The van der Waals surface area contributed by atoms with Gasteiger partial charge in [-0.3, -0.25) is 0 Å². The van der Waals surface area contributed by atoms with Gasteiger partial charge in [0.15, 0.2) is 0 Å². The van der Waals surface area contributed by atoms with Crippen LogP contribution in [0.4, 0.5) is 0 Å². The van der Waals surface area contributed by atoms with E-state index in [1.807, 2.05) is 0 Å². The SMILES string of the molecule is C#C[C@]1(O)CC[C@@H]2[C@@H]3C[C@@H]4O[C@@]45C[C@@H](O)CC[C@]5(C)[C@@H]3CC[C@@]21C. The number of terminal acetylenes is 1. The average Bonchev–Trinajstić information content (AvgIpc) is 3.17. The van der Waals surface area contributed by atoms with E-state index in [1.54, 1.807) is 0 Å². The van der Waals surface area contributed by atoms with E-state index in [2.05, 4.69) is 19.8 Å². The fraction of sp³-hybridized carbons (Fsp3) is 0.905. The second kappa shape index (κ2) is 4.40. The number of ether oxygens (including phenoxy) is 1. The minimum Gasteiger partial charge on any atom is -0.393 e. The van der Waals surface area contributed by atoms with Crippen molar-refractivity contribution in [2.75, 3.05) is 0 Å². The van der Waals surface area contributed by atoms with Gasteiger partial charge in [-0.25, -0.2) is 0 Å². The second-order valence-corrected chi connectivity index (χ2v) is 9.92. The van der Waals surface area contributed by atoms with Gasteiger partial charge in [0, 0.05) is 17.3 Å². The lowest BCUT2D eigenvalue weighted by molar-refractivity contribution is -0.133. The van der Waals surface area contributed by atoms with Gasteiger partial charge in [0.1, 0.15) is 11.2 Å². The third kappa shape index (κ3) is 1.53. The standard InChI is InChI=1S/C21H30O3/c1-4-20(23)10-7-15-14-11-17-21(24-17)12-13(22)5-8-19(21,3)16(14)6-9-18(15,20)2/h1,13-17,22-23H,5-12H2,2-3H3/t13-,14-,15+,16+,17-,18-,19+,20-,21-/m0/s1. The molecule has 24 heavy (non-hydrogen) atoms. The van der Waals surface area contributed by atoms with Crippen molar-refractivity contribution in [2.24, 2.45) is 28.6 Å². The lowest BCUT2D eigenvalue weighted by Crippen LogP contribution is -2.60.